The fourth-order valence-electron chi connectivity index (χ4n) is 2.04. The molecule has 0 amide bonds. The molecule has 106 valence electrons. The lowest BCUT2D eigenvalue weighted by molar-refractivity contribution is 0.452. The van der Waals surface area contributed by atoms with E-state index >= 15 is 0 Å². The van der Waals surface area contributed by atoms with Gasteiger partial charge in [0.15, 0.2) is 5.13 Å². The largest absolute Gasteiger partial charge is 0.508 e. The number of aryl methyl sites for hydroxylation is 1. The quantitative estimate of drug-likeness (QED) is 0.675. The minimum atomic E-state index is 0.0161. The lowest BCUT2D eigenvalue weighted by atomic mass is 10.1. The van der Waals surface area contributed by atoms with E-state index in [0.29, 0.717) is 11.3 Å². The molecule has 0 bridgehead atoms. The first kappa shape index (κ1) is 13.5. The van der Waals surface area contributed by atoms with E-state index in [4.69, 9.17) is 0 Å². The van der Waals surface area contributed by atoms with E-state index in [-0.39, 0.29) is 11.5 Å². The maximum Gasteiger partial charge on any atom is 0.187 e. The minimum Gasteiger partial charge on any atom is -0.508 e. The number of anilines is 2. The van der Waals surface area contributed by atoms with Crippen molar-refractivity contribution in [3.8, 4) is 22.8 Å². The van der Waals surface area contributed by atoms with Gasteiger partial charge in [0.1, 0.15) is 11.5 Å². The van der Waals surface area contributed by atoms with Crippen molar-refractivity contribution in [3.63, 3.8) is 0 Å². The zero-order chi connectivity index (χ0) is 14.8. The SMILES string of the molecule is Cc1cccc(Nc2nc(-c3ccc(O)cc3O)cs2)c1. The molecule has 3 rings (SSSR count). The number of phenolic OH excluding ortho intramolecular Hbond substituents is 2. The Morgan fingerprint density at radius 3 is 2.71 bits per heavy atom. The third-order valence-electron chi connectivity index (χ3n) is 3.03. The molecular weight excluding hydrogens is 284 g/mol. The first-order chi connectivity index (χ1) is 10.1. The number of nitrogens with one attached hydrogen (secondary N) is 1. The van der Waals surface area contributed by atoms with Crippen molar-refractivity contribution in [2.45, 2.75) is 6.92 Å². The Bertz CT molecular complexity index is 783. The van der Waals surface area contributed by atoms with Crippen molar-refractivity contribution in [3.05, 3.63) is 53.4 Å². The predicted octanol–water partition coefficient (Wildman–Crippen LogP) is 4.27. The van der Waals surface area contributed by atoms with E-state index in [2.05, 4.69) is 10.3 Å². The van der Waals surface area contributed by atoms with Crippen LogP contribution in [0.4, 0.5) is 10.8 Å². The Morgan fingerprint density at radius 2 is 1.95 bits per heavy atom. The summed E-state index contributed by atoms with van der Waals surface area (Å²) in [5.74, 6) is 0.0481. The normalized spacial score (nSPS) is 10.5. The third kappa shape index (κ3) is 2.98. The van der Waals surface area contributed by atoms with Gasteiger partial charge >= 0.3 is 0 Å². The van der Waals surface area contributed by atoms with Crippen LogP contribution in [0.3, 0.4) is 0 Å². The van der Waals surface area contributed by atoms with Crippen molar-refractivity contribution in [2.75, 3.05) is 5.32 Å². The highest BCUT2D eigenvalue weighted by molar-refractivity contribution is 7.14. The average Bonchev–Trinajstić information content (AvgIpc) is 2.87. The van der Waals surface area contributed by atoms with Gasteiger partial charge < -0.3 is 15.5 Å². The second kappa shape index (κ2) is 5.46. The zero-order valence-corrected chi connectivity index (χ0v) is 12.2. The highest BCUT2D eigenvalue weighted by atomic mass is 32.1. The zero-order valence-electron chi connectivity index (χ0n) is 11.4. The van der Waals surface area contributed by atoms with Crippen LogP contribution in [0.1, 0.15) is 5.56 Å². The monoisotopic (exact) mass is 298 g/mol. The molecule has 0 atom stereocenters. The molecule has 0 aliphatic carbocycles. The topological polar surface area (TPSA) is 65.4 Å². The predicted molar refractivity (Wildman–Crippen MR) is 85.3 cm³/mol. The number of benzene rings is 2. The van der Waals surface area contributed by atoms with Crippen LogP contribution in [-0.2, 0) is 0 Å². The van der Waals surface area contributed by atoms with Crippen molar-refractivity contribution < 1.29 is 10.2 Å². The highest BCUT2D eigenvalue weighted by Crippen LogP contribution is 2.34. The highest BCUT2D eigenvalue weighted by Gasteiger charge is 2.09. The van der Waals surface area contributed by atoms with Crippen molar-refractivity contribution >= 4 is 22.2 Å². The van der Waals surface area contributed by atoms with Gasteiger partial charge in [-0.1, -0.05) is 12.1 Å². The molecule has 3 N–H and O–H groups in total. The molecule has 4 nitrogen and oxygen atoms in total. The van der Waals surface area contributed by atoms with Crippen LogP contribution in [0, 0.1) is 6.92 Å². The van der Waals surface area contributed by atoms with Crippen LogP contribution in [0.2, 0.25) is 0 Å². The molecular formula is C16H14N2O2S. The molecule has 0 radical (unpaired) electrons. The van der Waals surface area contributed by atoms with Crippen LogP contribution in [0.15, 0.2) is 47.8 Å². The van der Waals surface area contributed by atoms with E-state index in [1.165, 1.54) is 29.0 Å². The van der Waals surface area contributed by atoms with Gasteiger partial charge in [0, 0.05) is 22.7 Å². The Morgan fingerprint density at radius 1 is 1.10 bits per heavy atom. The first-order valence-electron chi connectivity index (χ1n) is 6.43. The van der Waals surface area contributed by atoms with Crippen molar-refractivity contribution in [2.24, 2.45) is 0 Å². The van der Waals surface area contributed by atoms with Crippen LogP contribution in [0.25, 0.3) is 11.3 Å². The third-order valence-corrected chi connectivity index (χ3v) is 3.79. The number of phenols is 2. The van der Waals surface area contributed by atoms with Gasteiger partial charge in [0.05, 0.1) is 5.69 Å². The van der Waals surface area contributed by atoms with Crippen molar-refractivity contribution in [1.29, 1.82) is 0 Å². The van der Waals surface area contributed by atoms with E-state index in [0.717, 1.165) is 10.8 Å². The van der Waals surface area contributed by atoms with Gasteiger partial charge in [-0.05, 0) is 36.8 Å². The molecule has 0 aliphatic heterocycles. The summed E-state index contributed by atoms with van der Waals surface area (Å²) in [4.78, 5) is 4.46. The molecule has 2 aromatic carbocycles. The van der Waals surface area contributed by atoms with E-state index in [1.807, 2.05) is 36.6 Å². The van der Waals surface area contributed by atoms with Crippen LogP contribution >= 0.6 is 11.3 Å². The van der Waals surface area contributed by atoms with Gasteiger partial charge in [-0.25, -0.2) is 4.98 Å². The van der Waals surface area contributed by atoms with Crippen LogP contribution in [0.5, 0.6) is 11.5 Å². The van der Waals surface area contributed by atoms with Gasteiger partial charge in [0.25, 0.3) is 0 Å². The van der Waals surface area contributed by atoms with Gasteiger partial charge in [0.2, 0.25) is 0 Å². The number of rotatable bonds is 3. The number of aromatic nitrogens is 1. The van der Waals surface area contributed by atoms with Crippen LogP contribution < -0.4 is 5.32 Å². The van der Waals surface area contributed by atoms with Crippen LogP contribution in [-0.4, -0.2) is 15.2 Å². The van der Waals surface area contributed by atoms with Gasteiger partial charge in [-0.15, -0.1) is 11.3 Å². The summed E-state index contributed by atoms with van der Waals surface area (Å²) >= 11 is 1.46. The molecule has 21 heavy (non-hydrogen) atoms. The second-order valence-electron chi connectivity index (χ2n) is 4.73. The minimum absolute atomic E-state index is 0.0161. The lowest BCUT2D eigenvalue weighted by Crippen LogP contribution is -1.90. The summed E-state index contributed by atoms with van der Waals surface area (Å²) in [5.41, 5.74) is 3.42. The summed E-state index contributed by atoms with van der Waals surface area (Å²) in [5, 5.41) is 25.0. The van der Waals surface area contributed by atoms with Crippen molar-refractivity contribution in [1.82, 2.24) is 4.98 Å². The second-order valence-corrected chi connectivity index (χ2v) is 5.59. The maximum atomic E-state index is 9.86. The number of hydrogen-bond acceptors (Lipinski definition) is 5. The molecule has 0 unspecified atom stereocenters. The summed E-state index contributed by atoms with van der Waals surface area (Å²) in [7, 11) is 0. The number of thiazole rings is 1. The fourth-order valence-corrected chi connectivity index (χ4v) is 2.77. The molecule has 1 aromatic heterocycles. The van der Waals surface area contributed by atoms with Gasteiger partial charge in [-0.3, -0.25) is 0 Å². The van der Waals surface area contributed by atoms with E-state index < -0.39 is 0 Å². The lowest BCUT2D eigenvalue weighted by Gasteiger charge is -2.03. The Labute approximate surface area is 126 Å². The maximum absolute atomic E-state index is 9.86. The molecule has 0 fully saturated rings. The fraction of sp³-hybridized carbons (Fsp3) is 0.0625. The van der Waals surface area contributed by atoms with E-state index in [9.17, 15) is 10.2 Å². The molecule has 0 saturated carbocycles. The number of nitrogens with zero attached hydrogens (tertiary/aromatic N) is 1. The first-order valence-corrected chi connectivity index (χ1v) is 7.31. The molecule has 0 saturated heterocycles. The number of aromatic hydroxyl groups is 2. The number of hydrogen-bond donors (Lipinski definition) is 3. The molecule has 0 aliphatic rings. The summed E-state index contributed by atoms with van der Waals surface area (Å²) < 4.78 is 0. The average molecular weight is 298 g/mol. The Balaban J connectivity index is 1.86. The summed E-state index contributed by atoms with van der Waals surface area (Å²) in [6.07, 6.45) is 0. The smallest absolute Gasteiger partial charge is 0.187 e. The van der Waals surface area contributed by atoms with Gasteiger partial charge in [-0.2, -0.15) is 0 Å². The molecule has 0 spiro atoms. The molecule has 5 heteroatoms. The summed E-state index contributed by atoms with van der Waals surface area (Å²) in [6, 6.07) is 12.5. The molecule has 3 aromatic rings. The Hall–Kier alpha value is -2.53. The standard InChI is InChI=1S/C16H14N2O2S/c1-10-3-2-4-11(7-10)17-16-18-14(9-21-16)13-6-5-12(19)8-15(13)20/h2-9,19-20H,1H3,(H,17,18). The Kier molecular flexibility index (Phi) is 3.50. The summed E-state index contributed by atoms with van der Waals surface area (Å²) in [6.45, 7) is 2.03. The molecule has 1 heterocycles. The van der Waals surface area contributed by atoms with E-state index in [1.54, 1.807) is 6.07 Å².